The van der Waals surface area contributed by atoms with Crippen molar-refractivity contribution < 1.29 is 13.2 Å². The molecule has 0 aliphatic carbocycles. The van der Waals surface area contributed by atoms with Crippen molar-refractivity contribution in [3.63, 3.8) is 0 Å². The highest BCUT2D eigenvalue weighted by molar-refractivity contribution is 5.65. The third-order valence-corrected chi connectivity index (χ3v) is 2.25. The zero-order valence-corrected chi connectivity index (χ0v) is 9.12. The molecule has 18 heavy (non-hydrogen) atoms. The van der Waals surface area contributed by atoms with E-state index in [2.05, 4.69) is 20.3 Å². The van der Waals surface area contributed by atoms with E-state index in [4.69, 9.17) is 5.73 Å². The minimum atomic E-state index is -4.49. The molecule has 0 spiro atoms. The Balaban J connectivity index is 2.16. The largest absolute Gasteiger partial charge is 0.433 e. The van der Waals surface area contributed by atoms with Crippen LogP contribution in [0.2, 0.25) is 0 Å². The van der Waals surface area contributed by atoms with Gasteiger partial charge in [-0.15, -0.1) is 0 Å². The maximum absolute atomic E-state index is 12.5. The highest BCUT2D eigenvalue weighted by Crippen LogP contribution is 2.31. The second-order valence-electron chi connectivity index (χ2n) is 3.58. The lowest BCUT2D eigenvalue weighted by Gasteiger charge is -2.11. The Morgan fingerprint density at radius 3 is 2.72 bits per heavy atom. The maximum atomic E-state index is 12.5. The number of nitrogens with one attached hydrogen (secondary N) is 2. The Morgan fingerprint density at radius 2 is 2.11 bits per heavy atom. The zero-order chi connectivity index (χ0) is 13.2. The highest BCUT2D eigenvalue weighted by Gasteiger charge is 2.32. The van der Waals surface area contributed by atoms with Crippen molar-refractivity contribution in [2.24, 2.45) is 0 Å². The van der Waals surface area contributed by atoms with Gasteiger partial charge in [0.05, 0.1) is 36.1 Å². The van der Waals surface area contributed by atoms with Crippen LogP contribution in [0.1, 0.15) is 11.4 Å². The standard InChI is InChI=1S/C10H10F3N5/c11-10(12,13)9-1-8(7(14)4-17-9)16-3-6-2-15-5-18-6/h1-2,4-5H,3,14H2,(H,15,18)(H,16,17). The number of halogens is 3. The second-order valence-corrected chi connectivity index (χ2v) is 3.58. The first-order valence-corrected chi connectivity index (χ1v) is 5.00. The topological polar surface area (TPSA) is 79.6 Å². The fourth-order valence-electron chi connectivity index (χ4n) is 1.35. The van der Waals surface area contributed by atoms with Crippen LogP contribution in [0.3, 0.4) is 0 Å². The van der Waals surface area contributed by atoms with E-state index in [0.29, 0.717) is 6.54 Å². The van der Waals surface area contributed by atoms with Gasteiger partial charge in [0.15, 0.2) is 0 Å². The van der Waals surface area contributed by atoms with Gasteiger partial charge in [0.25, 0.3) is 0 Å². The van der Waals surface area contributed by atoms with Crippen molar-refractivity contribution in [1.29, 1.82) is 0 Å². The molecule has 5 nitrogen and oxygen atoms in total. The molecule has 0 saturated heterocycles. The van der Waals surface area contributed by atoms with Crippen LogP contribution in [0.5, 0.6) is 0 Å². The van der Waals surface area contributed by atoms with Crippen LogP contribution in [-0.4, -0.2) is 15.0 Å². The number of alkyl halides is 3. The van der Waals surface area contributed by atoms with E-state index >= 15 is 0 Å². The zero-order valence-electron chi connectivity index (χ0n) is 9.12. The van der Waals surface area contributed by atoms with Crippen LogP contribution < -0.4 is 11.1 Å². The molecule has 0 radical (unpaired) electrons. The average molecular weight is 257 g/mol. The van der Waals surface area contributed by atoms with Crippen molar-refractivity contribution in [3.8, 4) is 0 Å². The molecule has 0 amide bonds. The molecule has 0 aliphatic heterocycles. The maximum Gasteiger partial charge on any atom is 0.433 e. The summed E-state index contributed by atoms with van der Waals surface area (Å²) in [6.07, 6.45) is -0.459. The fraction of sp³-hybridized carbons (Fsp3) is 0.200. The van der Waals surface area contributed by atoms with Gasteiger partial charge in [-0.1, -0.05) is 0 Å². The Kier molecular flexibility index (Phi) is 3.09. The molecule has 96 valence electrons. The number of aromatic amines is 1. The number of aromatic nitrogens is 3. The first kappa shape index (κ1) is 12.2. The summed E-state index contributed by atoms with van der Waals surface area (Å²) in [4.78, 5) is 9.86. The molecule has 0 bridgehead atoms. The summed E-state index contributed by atoms with van der Waals surface area (Å²) in [5, 5.41) is 2.79. The molecular weight excluding hydrogens is 247 g/mol. The van der Waals surface area contributed by atoms with E-state index < -0.39 is 11.9 Å². The summed E-state index contributed by atoms with van der Waals surface area (Å²) in [7, 11) is 0. The number of hydrogen-bond donors (Lipinski definition) is 3. The summed E-state index contributed by atoms with van der Waals surface area (Å²) in [5.41, 5.74) is 5.65. The summed E-state index contributed by atoms with van der Waals surface area (Å²) >= 11 is 0. The fourth-order valence-corrected chi connectivity index (χ4v) is 1.35. The Morgan fingerprint density at radius 1 is 1.33 bits per heavy atom. The van der Waals surface area contributed by atoms with Gasteiger partial charge in [0.1, 0.15) is 5.69 Å². The number of pyridine rings is 1. The van der Waals surface area contributed by atoms with Crippen molar-refractivity contribution in [2.75, 3.05) is 11.1 Å². The molecule has 0 fully saturated rings. The summed E-state index contributed by atoms with van der Waals surface area (Å²) in [6.45, 7) is 0.297. The molecule has 0 saturated carbocycles. The molecule has 2 aromatic heterocycles. The monoisotopic (exact) mass is 257 g/mol. The molecule has 0 aliphatic rings. The number of imidazole rings is 1. The number of nitrogens with two attached hydrogens (primary N) is 1. The van der Waals surface area contributed by atoms with Crippen molar-refractivity contribution >= 4 is 11.4 Å². The van der Waals surface area contributed by atoms with Crippen LogP contribution in [0, 0.1) is 0 Å². The molecule has 2 aromatic rings. The van der Waals surface area contributed by atoms with Crippen LogP contribution in [0.25, 0.3) is 0 Å². The summed E-state index contributed by atoms with van der Waals surface area (Å²) < 4.78 is 37.4. The van der Waals surface area contributed by atoms with Gasteiger partial charge in [-0.2, -0.15) is 13.2 Å². The smallest absolute Gasteiger partial charge is 0.396 e. The molecule has 2 heterocycles. The number of rotatable bonds is 3. The third kappa shape index (κ3) is 2.70. The average Bonchev–Trinajstić information content (AvgIpc) is 2.79. The lowest BCUT2D eigenvalue weighted by molar-refractivity contribution is -0.141. The van der Waals surface area contributed by atoms with E-state index in [0.717, 1.165) is 18.0 Å². The molecule has 2 rings (SSSR count). The van der Waals surface area contributed by atoms with Gasteiger partial charge in [-0.3, -0.25) is 0 Å². The van der Waals surface area contributed by atoms with E-state index in [9.17, 15) is 13.2 Å². The summed E-state index contributed by atoms with van der Waals surface area (Å²) in [5.74, 6) is 0. The molecule has 0 unspecified atom stereocenters. The van der Waals surface area contributed by atoms with Gasteiger partial charge >= 0.3 is 6.18 Å². The molecule has 0 aromatic carbocycles. The van der Waals surface area contributed by atoms with Gasteiger partial charge in [0.2, 0.25) is 0 Å². The number of nitrogens with zero attached hydrogens (tertiary/aromatic N) is 2. The molecular formula is C10H10F3N5. The lowest BCUT2D eigenvalue weighted by Crippen LogP contribution is -2.10. The van der Waals surface area contributed by atoms with E-state index in [-0.39, 0.29) is 11.4 Å². The Labute approximate surface area is 100 Å². The van der Waals surface area contributed by atoms with Gasteiger partial charge < -0.3 is 16.0 Å². The van der Waals surface area contributed by atoms with Gasteiger partial charge in [-0.25, -0.2) is 9.97 Å². The predicted molar refractivity (Wildman–Crippen MR) is 59.6 cm³/mol. The van der Waals surface area contributed by atoms with E-state index in [1.165, 1.54) is 6.33 Å². The SMILES string of the molecule is Nc1cnc(C(F)(F)F)cc1NCc1cnc[nH]1. The van der Waals surface area contributed by atoms with Crippen molar-refractivity contribution in [3.05, 3.63) is 36.2 Å². The predicted octanol–water partition coefficient (Wildman–Crippen LogP) is 2.02. The molecule has 4 N–H and O–H groups in total. The third-order valence-electron chi connectivity index (χ3n) is 2.25. The first-order chi connectivity index (χ1) is 8.47. The van der Waals surface area contributed by atoms with Crippen LogP contribution >= 0.6 is 0 Å². The highest BCUT2D eigenvalue weighted by atomic mass is 19.4. The minimum Gasteiger partial charge on any atom is -0.396 e. The van der Waals surface area contributed by atoms with Gasteiger partial charge in [-0.05, 0) is 6.07 Å². The van der Waals surface area contributed by atoms with Crippen LogP contribution in [-0.2, 0) is 12.7 Å². The lowest BCUT2D eigenvalue weighted by atomic mass is 10.2. The Bertz CT molecular complexity index is 521. The van der Waals surface area contributed by atoms with E-state index in [1.54, 1.807) is 6.20 Å². The van der Waals surface area contributed by atoms with Crippen molar-refractivity contribution in [2.45, 2.75) is 12.7 Å². The molecule has 0 atom stereocenters. The van der Waals surface area contributed by atoms with Crippen LogP contribution in [0.15, 0.2) is 24.8 Å². The van der Waals surface area contributed by atoms with Crippen LogP contribution in [0.4, 0.5) is 24.5 Å². The molecule has 8 heteroatoms. The number of nitrogen functional groups attached to an aromatic ring is 1. The number of H-pyrrole nitrogens is 1. The number of hydrogen-bond acceptors (Lipinski definition) is 4. The second kappa shape index (κ2) is 4.55. The summed E-state index contributed by atoms with van der Waals surface area (Å²) in [6, 6.07) is 0.881. The quantitative estimate of drug-likeness (QED) is 0.785. The van der Waals surface area contributed by atoms with E-state index in [1.807, 2.05) is 0 Å². The number of anilines is 2. The normalized spacial score (nSPS) is 11.5. The Hall–Kier alpha value is -2.25. The van der Waals surface area contributed by atoms with Crippen molar-refractivity contribution in [1.82, 2.24) is 15.0 Å². The minimum absolute atomic E-state index is 0.155. The first-order valence-electron chi connectivity index (χ1n) is 5.00. The van der Waals surface area contributed by atoms with Gasteiger partial charge in [0, 0.05) is 6.20 Å².